The number of carbonyl (C=O) groups is 1. The molecule has 0 fully saturated rings. The molecule has 2 unspecified atom stereocenters. The molecule has 0 aromatic heterocycles. The fourth-order valence-corrected chi connectivity index (χ4v) is 2.06. The summed E-state index contributed by atoms with van der Waals surface area (Å²) in [6, 6.07) is 4.49. The van der Waals surface area contributed by atoms with Crippen molar-refractivity contribution in [1.82, 2.24) is 5.32 Å². The molecule has 1 aromatic rings. The van der Waals surface area contributed by atoms with E-state index < -0.39 is 23.8 Å². The van der Waals surface area contributed by atoms with E-state index in [0.717, 1.165) is 6.07 Å². The van der Waals surface area contributed by atoms with Gasteiger partial charge in [-0.05, 0) is 31.4 Å². The van der Waals surface area contributed by atoms with E-state index in [9.17, 15) is 18.0 Å². The lowest BCUT2D eigenvalue weighted by atomic mass is 10.0. The Labute approximate surface area is 133 Å². The molecule has 0 saturated carbocycles. The van der Waals surface area contributed by atoms with Crippen LogP contribution in [0.5, 0.6) is 5.75 Å². The van der Waals surface area contributed by atoms with Gasteiger partial charge in [0.05, 0.1) is 5.56 Å². The van der Waals surface area contributed by atoms with Crippen LogP contribution in [-0.2, 0) is 11.0 Å². The molecule has 7 heteroatoms. The first-order valence-corrected chi connectivity index (χ1v) is 7.41. The fraction of sp³-hybridized carbons (Fsp3) is 0.562. The van der Waals surface area contributed by atoms with Gasteiger partial charge in [-0.3, -0.25) is 4.79 Å². The zero-order chi connectivity index (χ0) is 17.6. The van der Waals surface area contributed by atoms with Crippen LogP contribution < -0.4 is 10.1 Å². The maximum atomic E-state index is 12.9. The standard InChI is InChI=1S/C16H22F3NO3/c1-10(2)13(8-9-21)20-15(22)11(3)23-14-7-5-4-6-12(14)16(17,18)19/h4-7,10-11,13,21H,8-9H2,1-3H3,(H,20,22). The van der Waals surface area contributed by atoms with Gasteiger partial charge >= 0.3 is 6.18 Å². The van der Waals surface area contributed by atoms with Crippen molar-refractivity contribution in [2.75, 3.05) is 6.61 Å². The Morgan fingerprint density at radius 3 is 2.39 bits per heavy atom. The van der Waals surface area contributed by atoms with E-state index in [0.29, 0.717) is 6.42 Å². The van der Waals surface area contributed by atoms with Crippen LogP contribution in [0.3, 0.4) is 0 Å². The molecule has 1 amide bonds. The monoisotopic (exact) mass is 333 g/mol. The first kappa shape index (κ1) is 19.3. The van der Waals surface area contributed by atoms with Gasteiger partial charge in [-0.15, -0.1) is 0 Å². The van der Waals surface area contributed by atoms with Crippen molar-refractivity contribution in [3.05, 3.63) is 29.8 Å². The van der Waals surface area contributed by atoms with E-state index in [1.807, 2.05) is 13.8 Å². The highest BCUT2D eigenvalue weighted by molar-refractivity contribution is 5.81. The van der Waals surface area contributed by atoms with Gasteiger partial charge in [0.2, 0.25) is 0 Å². The molecule has 2 N–H and O–H groups in total. The Bertz CT molecular complexity index is 518. The Morgan fingerprint density at radius 2 is 1.87 bits per heavy atom. The number of ether oxygens (including phenoxy) is 1. The number of amides is 1. The van der Waals surface area contributed by atoms with Gasteiger partial charge in [-0.25, -0.2) is 0 Å². The number of halogens is 3. The Hall–Kier alpha value is -1.76. The molecule has 1 aromatic carbocycles. The summed E-state index contributed by atoms with van der Waals surface area (Å²) >= 11 is 0. The predicted octanol–water partition coefficient (Wildman–Crippen LogP) is 3.00. The summed E-state index contributed by atoms with van der Waals surface area (Å²) in [6.07, 6.45) is -5.27. The lowest BCUT2D eigenvalue weighted by molar-refractivity contribution is -0.140. The third-order valence-electron chi connectivity index (χ3n) is 3.44. The summed E-state index contributed by atoms with van der Waals surface area (Å²) in [4.78, 5) is 12.1. The van der Waals surface area contributed by atoms with Crippen molar-refractivity contribution in [2.45, 2.75) is 45.5 Å². The van der Waals surface area contributed by atoms with E-state index in [1.54, 1.807) is 0 Å². The topological polar surface area (TPSA) is 58.6 Å². The predicted molar refractivity (Wildman–Crippen MR) is 80.0 cm³/mol. The van der Waals surface area contributed by atoms with Crippen LogP contribution in [0.4, 0.5) is 13.2 Å². The second kappa shape index (κ2) is 8.19. The molecule has 0 heterocycles. The molecule has 1 rings (SSSR count). The molecule has 130 valence electrons. The number of benzene rings is 1. The first-order valence-electron chi connectivity index (χ1n) is 7.41. The number of alkyl halides is 3. The average Bonchev–Trinajstić information content (AvgIpc) is 2.45. The van der Waals surface area contributed by atoms with Crippen molar-refractivity contribution < 1.29 is 27.8 Å². The molecule has 0 bridgehead atoms. The van der Waals surface area contributed by atoms with E-state index in [4.69, 9.17) is 9.84 Å². The second-order valence-corrected chi connectivity index (χ2v) is 5.63. The van der Waals surface area contributed by atoms with Crippen LogP contribution in [-0.4, -0.2) is 29.8 Å². The van der Waals surface area contributed by atoms with Gasteiger partial charge in [0.15, 0.2) is 6.10 Å². The number of nitrogens with one attached hydrogen (secondary N) is 1. The summed E-state index contributed by atoms with van der Waals surface area (Å²) in [5.41, 5.74) is -0.921. The summed E-state index contributed by atoms with van der Waals surface area (Å²) < 4.78 is 43.9. The molecule has 0 aliphatic carbocycles. The second-order valence-electron chi connectivity index (χ2n) is 5.63. The molecule has 0 spiro atoms. The normalized spacial score (nSPS) is 14.4. The van der Waals surface area contributed by atoms with E-state index in [2.05, 4.69) is 5.32 Å². The van der Waals surface area contributed by atoms with Gasteiger partial charge in [-0.1, -0.05) is 26.0 Å². The summed E-state index contributed by atoms with van der Waals surface area (Å²) in [5.74, 6) is -0.819. The summed E-state index contributed by atoms with van der Waals surface area (Å²) in [7, 11) is 0. The number of hydrogen-bond acceptors (Lipinski definition) is 3. The Morgan fingerprint density at radius 1 is 1.26 bits per heavy atom. The van der Waals surface area contributed by atoms with Crippen LogP contribution >= 0.6 is 0 Å². The van der Waals surface area contributed by atoms with E-state index in [1.165, 1.54) is 25.1 Å². The van der Waals surface area contributed by atoms with Crippen molar-refractivity contribution in [3.8, 4) is 5.75 Å². The largest absolute Gasteiger partial charge is 0.480 e. The molecule has 4 nitrogen and oxygen atoms in total. The molecule has 0 aliphatic rings. The van der Waals surface area contributed by atoms with Crippen LogP contribution in [0.15, 0.2) is 24.3 Å². The zero-order valence-corrected chi connectivity index (χ0v) is 13.4. The average molecular weight is 333 g/mol. The molecule has 0 saturated heterocycles. The molecule has 0 radical (unpaired) electrons. The smallest absolute Gasteiger partial charge is 0.419 e. The number of rotatable bonds is 7. The number of aliphatic hydroxyl groups excluding tert-OH is 1. The van der Waals surface area contributed by atoms with Crippen LogP contribution in [0.25, 0.3) is 0 Å². The molecular formula is C16H22F3NO3. The first-order chi connectivity index (χ1) is 10.7. The lowest BCUT2D eigenvalue weighted by Crippen LogP contribution is -2.45. The van der Waals surface area contributed by atoms with Crippen LogP contribution in [0.2, 0.25) is 0 Å². The quantitative estimate of drug-likeness (QED) is 0.806. The van der Waals surface area contributed by atoms with Crippen molar-refractivity contribution in [2.24, 2.45) is 5.92 Å². The molecule has 0 aliphatic heterocycles. The van der Waals surface area contributed by atoms with Crippen LogP contribution in [0.1, 0.15) is 32.8 Å². The maximum absolute atomic E-state index is 12.9. The number of aliphatic hydroxyl groups is 1. The highest BCUT2D eigenvalue weighted by Crippen LogP contribution is 2.36. The van der Waals surface area contributed by atoms with Crippen molar-refractivity contribution in [3.63, 3.8) is 0 Å². The maximum Gasteiger partial charge on any atom is 0.419 e. The van der Waals surface area contributed by atoms with E-state index >= 15 is 0 Å². The Balaban J connectivity index is 2.80. The third kappa shape index (κ3) is 5.74. The summed E-state index contributed by atoms with van der Waals surface area (Å²) in [5, 5.41) is 11.7. The molecular weight excluding hydrogens is 311 g/mol. The molecule has 23 heavy (non-hydrogen) atoms. The number of para-hydroxylation sites is 1. The van der Waals surface area contributed by atoms with Crippen molar-refractivity contribution in [1.29, 1.82) is 0 Å². The number of carbonyl (C=O) groups excluding carboxylic acids is 1. The summed E-state index contributed by atoms with van der Waals surface area (Å²) in [6.45, 7) is 5.06. The van der Waals surface area contributed by atoms with Gasteiger partial charge in [-0.2, -0.15) is 13.2 Å². The number of hydrogen-bond donors (Lipinski definition) is 2. The lowest BCUT2D eigenvalue weighted by Gasteiger charge is -2.24. The minimum atomic E-state index is -4.55. The van der Waals surface area contributed by atoms with Gasteiger partial charge in [0.25, 0.3) is 5.91 Å². The van der Waals surface area contributed by atoms with Gasteiger partial charge in [0.1, 0.15) is 5.75 Å². The van der Waals surface area contributed by atoms with Gasteiger partial charge in [0, 0.05) is 12.6 Å². The third-order valence-corrected chi connectivity index (χ3v) is 3.44. The van der Waals surface area contributed by atoms with E-state index in [-0.39, 0.29) is 24.3 Å². The van der Waals surface area contributed by atoms with Crippen molar-refractivity contribution >= 4 is 5.91 Å². The minimum Gasteiger partial charge on any atom is -0.480 e. The highest BCUT2D eigenvalue weighted by Gasteiger charge is 2.35. The minimum absolute atomic E-state index is 0.0840. The van der Waals surface area contributed by atoms with Crippen LogP contribution in [0, 0.1) is 5.92 Å². The zero-order valence-electron chi connectivity index (χ0n) is 13.4. The highest BCUT2D eigenvalue weighted by atomic mass is 19.4. The Kier molecular flexibility index (Phi) is 6.87. The molecule has 2 atom stereocenters. The van der Waals surface area contributed by atoms with Gasteiger partial charge < -0.3 is 15.2 Å². The SMILES string of the molecule is CC(Oc1ccccc1C(F)(F)F)C(=O)NC(CCO)C(C)C. The fourth-order valence-electron chi connectivity index (χ4n) is 2.06.